The van der Waals surface area contributed by atoms with Gasteiger partial charge < -0.3 is 19.6 Å². The lowest BCUT2D eigenvalue weighted by Crippen LogP contribution is -2.20. The highest BCUT2D eigenvalue weighted by atomic mass is 127. The van der Waals surface area contributed by atoms with Gasteiger partial charge in [-0.3, -0.25) is 4.79 Å². The van der Waals surface area contributed by atoms with Crippen LogP contribution in [0, 0.1) is 13.8 Å². The smallest absolute Gasteiger partial charge is 0.469 e. The van der Waals surface area contributed by atoms with E-state index in [-0.39, 0.29) is 9.26 Å². The fraction of sp³-hybridized carbons (Fsp3) is 0.333. The van der Waals surface area contributed by atoms with Gasteiger partial charge >= 0.3 is 18.1 Å². The number of esters is 1. The van der Waals surface area contributed by atoms with Gasteiger partial charge in [-0.25, -0.2) is 0 Å². The van der Waals surface area contributed by atoms with E-state index >= 15 is 0 Å². The fourth-order valence-corrected chi connectivity index (χ4v) is 1.90. The minimum Gasteiger partial charge on any atom is -0.469 e. The molecule has 1 aromatic rings. The largest absolute Gasteiger partial charge is 0.573 e. The zero-order valence-corrected chi connectivity index (χ0v) is 11.9. The Hall–Kier alpha value is -1.66. The van der Waals surface area contributed by atoms with Crippen LogP contribution in [0.5, 0.6) is 5.75 Å². The van der Waals surface area contributed by atoms with Crippen LogP contribution in [0.25, 0.3) is 0 Å². The molecule has 0 saturated carbocycles. The number of ether oxygens (including phenoxy) is 2. The Morgan fingerprint density at radius 1 is 1.55 bits per heavy atom. The number of alkyl halides is 3. The summed E-state index contributed by atoms with van der Waals surface area (Å²) in [5, 5.41) is 10.6. The van der Waals surface area contributed by atoms with Crippen LogP contribution in [0.1, 0.15) is 5.56 Å². The average molecular weight is 406 g/mol. The summed E-state index contributed by atoms with van der Waals surface area (Å²) in [7, 11) is 1.05. The number of pyridine rings is 1. The van der Waals surface area contributed by atoms with Crippen molar-refractivity contribution in [3.63, 3.8) is 0 Å². The van der Waals surface area contributed by atoms with Crippen molar-refractivity contribution in [3.05, 3.63) is 25.4 Å². The quantitative estimate of drug-likeness (QED) is 0.250. The van der Waals surface area contributed by atoms with Gasteiger partial charge in [0, 0.05) is 22.6 Å². The van der Waals surface area contributed by atoms with Crippen LogP contribution in [-0.2, 0) is 16.0 Å². The first kappa shape index (κ1) is 16.4. The molecule has 0 aliphatic rings. The molecular formula is C9H6F3IN2O5. The summed E-state index contributed by atoms with van der Waals surface area (Å²) in [5.41, 5.74) is -0.236. The number of halogens is 4. The Labute approximate surface area is 123 Å². The molecular weight excluding hydrogens is 400 g/mol. The van der Waals surface area contributed by atoms with Gasteiger partial charge in [-0.1, -0.05) is 0 Å². The van der Waals surface area contributed by atoms with Crippen molar-refractivity contribution < 1.29 is 32.4 Å². The number of rotatable bonds is 4. The first-order valence-corrected chi connectivity index (χ1v) is 5.88. The highest BCUT2D eigenvalue weighted by molar-refractivity contribution is 14.1. The lowest BCUT2D eigenvalue weighted by atomic mass is 10.2. The van der Waals surface area contributed by atoms with E-state index in [0.29, 0.717) is 6.07 Å². The third-order valence-corrected chi connectivity index (χ3v) is 2.87. The number of hydrogen-bond acceptors (Lipinski definition) is 6. The minimum atomic E-state index is -5.05. The second-order valence-corrected chi connectivity index (χ2v) is 4.33. The van der Waals surface area contributed by atoms with Crippen LogP contribution >= 0.6 is 22.6 Å². The molecule has 1 rings (SSSR count). The monoisotopic (exact) mass is 406 g/mol. The molecule has 20 heavy (non-hydrogen) atoms. The number of aromatic nitrogens is 1. The molecule has 0 amide bonds. The second kappa shape index (κ2) is 6.19. The average Bonchev–Trinajstić information content (AvgIpc) is 2.30. The molecule has 0 N–H and O–H groups in total. The van der Waals surface area contributed by atoms with Crippen molar-refractivity contribution in [2.45, 2.75) is 12.8 Å². The predicted molar refractivity (Wildman–Crippen MR) is 66.0 cm³/mol. The number of carbonyl (C=O) groups is 1. The number of hydrogen-bond donors (Lipinski definition) is 0. The Morgan fingerprint density at radius 2 is 2.15 bits per heavy atom. The van der Waals surface area contributed by atoms with Crippen molar-refractivity contribution >= 4 is 34.4 Å². The summed E-state index contributed by atoms with van der Waals surface area (Å²) in [6.07, 6.45) is -5.60. The van der Waals surface area contributed by atoms with Crippen LogP contribution in [0.3, 0.4) is 0 Å². The van der Waals surface area contributed by atoms with Crippen molar-refractivity contribution in [1.29, 1.82) is 0 Å². The van der Waals surface area contributed by atoms with Crippen LogP contribution in [0.15, 0.2) is 6.07 Å². The summed E-state index contributed by atoms with van der Waals surface area (Å²) in [4.78, 5) is 24.2. The van der Waals surface area contributed by atoms with Crippen molar-refractivity contribution in [1.82, 2.24) is 4.98 Å². The Balaban J connectivity index is 3.32. The van der Waals surface area contributed by atoms with Crippen LogP contribution in [0.4, 0.5) is 19.0 Å². The molecule has 0 atom stereocenters. The number of nitro groups is 1. The second-order valence-electron chi connectivity index (χ2n) is 3.31. The molecule has 0 unspecified atom stereocenters. The lowest BCUT2D eigenvalue weighted by molar-refractivity contribution is -0.389. The van der Waals surface area contributed by atoms with Crippen LogP contribution < -0.4 is 4.74 Å². The van der Waals surface area contributed by atoms with Crippen molar-refractivity contribution in [3.8, 4) is 5.75 Å². The Kier molecular flexibility index (Phi) is 5.08. The van der Waals surface area contributed by atoms with E-state index in [2.05, 4.69) is 14.5 Å². The maximum atomic E-state index is 12.3. The molecule has 0 bridgehead atoms. The topological polar surface area (TPSA) is 91.6 Å². The van der Waals surface area contributed by atoms with E-state index in [1.54, 1.807) is 0 Å². The molecule has 0 aliphatic heterocycles. The number of carbonyl (C=O) groups excluding carboxylic acids is 1. The highest BCUT2D eigenvalue weighted by Crippen LogP contribution is 2.32. The van der Waals surface area contributed by atoms with E-state index < -0.39 is 35.2 Å². The van der Waals surface area contributed by atoms with Gasteiger partial charge in [-0.15, -0.1) is 13.2 Å². The lowest BCUT2D eigenvalue weighted by Gasteiger charge is -2.12. The maximum absolute atomic E-state index is 12.3. The number of methoxy groups -OCH3 is 1. The van der Waals surface area contributed by atoms with Crippen molar-refractivity contribution in [2.75, 3.05) is 7.11 Å². The van der Waals surface area contributed by atoms with Crippen LogP contribution in [-0.4, -0.2) is 29.3 Å². The van der Waals surface area contributed by atoms with Gasteiger partial charge in [-0.2, -0.15) is 0 Å². The molecule has 0 aromatic carbocycles. The normalized spacial score (nSPS) is 11.1. The summed E-state index contributed by atoms with van der Waals surface area (Å²) < 4.78 is 44.7. The first-order chi connectivity index (χ1) is 9.14. The third kappa shape index (κ3) is 4.47. The zero-order valence-electron chi connectivity index (χ0n) is 9.73. The predicted octanol–water partition coefficient (Wildman–Crippen LogP) is 2.21. The molecule has 0 fully saturated rings. The summed E-state index contributed by atoms with van der Waals surface area (Å²) >= 11 is 1.48. The maximum Gasteiger partial charge on any atom is 0.573 e. The third-order valence-electron chi connectivity index (χ3n) is 1.98. The zero-order chi connectivity index (χ0) is 15.5. The van der Waals surface area contributed by atoms with Crippen molar-refractivity contribution in [2.24, 2.45) is 0 Å². The van der Waals surface area contributed by atoms with Gasteiger partial charge in [0.25, 0.3) is 0 Å². The first-order valence-electron chi connectivity index (χ1n) is 4.80. The fourth-order valence-electron chi connectivity index (χ4n) is 1.19. The van der Waals surface area contributed by atoms with Crippen LogP contribution in [0.2, 0.25) is 0 Å². The van der Waals surface area contributed by atoms with E-state index in [1.807, 2.05) is 0 Å². The molecule has 110 valence electrons. The molecule has 11 heteroatoms. The van der Waals surface area contributed by atoms with E-state index in [1.165, 1.54) is 22.6 Å². The summed E-state index contributed by atoms with van der Waals surface area (Å²) in [5.74, 6) is -2.50. The van der Waals surface area contributed by atoms with Gasteiger partial charge in [0.05, 0.1) is 25.2 Å². The molecule has 0 aliphatic carbocycles. The standard InChI is InChI=1S/C9H6F3IN2O5/c1-19-7(16)2-4-5(20-9(10,11)12)3-6(15(17)18)14-8(4)13/h3H,2H2,1H3. The molecule has 0 radical (unpaired) electrons. The minimum absolute atomic E-state index is 0.151. The Bertz CT molecular complexity index is 549. The summed E-state index contributed by atoms with van der Waals surface area (Å²) in [6, 6.07) is 0.508. The number of nitrogens with zero attached hydrogens (tertiary/aromatic N) is 2. The van der Waals surface area contributed by atoms with Gasteiger partial charge in [0.15, 0.2) is 0 Å². The molecule has 1 aromatic heterocycles. The summed E-state index contributed by atoms with van der Waals surface area (Å²) in [6.45, 7) is 0. The molecule has 0 saturated heterocycles. The Morgan fingerprint density at radius 3 is 2.60 bits per heavy atom. The van der Waals surface area contributed by atoms with Gasteiger partial charge in [0.2, 0.25) is 3.70 Å². The van der Waals surface area contributed by atoms with E-state index in [0.717, 1.165) is 7.11 Å². The van der Waals surface area contributed by atoms with Gasteiger partial charge in [-0.05, 0) is 9.91 Å². The van der Waals surface area contributed by atoms with E-state index in [9.17, 15) is 28.1 Å². The van der Waals surface area contributed by atoms with E-state index in [4.69, 9.17) is 0 Å². The molecule has 1 heterocycles. The highest BCUT2D eigenvalue weighted by Gasteiger charge is 2.35. The molecule has 7 nitrogen and oxygen atoms in total. The van der Waals surface area contributed by atoms with Gasteiger partial charge in [0.1, 0.15) is 5.75 Å². The molecule has 0 spiro atoms. The SMILES string of the molecule is COC(=O)Cc1c(OC(F)(F)F)cc([N+](=O)[O-])nc1I.